The number of ether oxygens (including phenoxy) is 1. The molecule has 13 heteroatoms. The third-order valence-corrected chi connectivity index (χ3v) is 6.08. The summed E-state index contributed by atoms with van der Waals surface area (Å²) in [6.07, 6.45) is -5.42. The van der Waals surface area contributed by atoms with E-state index in [1.54, 1.807) is 12.1 Å². The van der Waals surface area contributed by atoms with Gasteiger partial charge in [-0.2, -0.15) is 36.9 Å². The van der Waals surface area contributed by atoms with Crippen LogP contribution in [0, 0.1) is 28.1 Å². The number of rotatable bonds is 7. The second-order valence-corrected chi connectivity index (χ2v) is 9.30. The second kappa shape index (κ2) is 9.35. The zero-order valence-corrected chi connectivity index (χ0v) is 18.0. The number of hydrogen-bond acceptors (Lipinski definition) is 6. The molecule has 180 valence electrons. The molecule has 34 heavy (non-hydrogen) atoms. The molecule has 0 spiro atoms. The average Bonchev–Trinajstić information content (AvgIpc) is 2.76. The van der Waals surface area contributed by atoms with Gasteiger partial charge in [-0.3, -0.25) is 4.79 Å². The Bertz CT molecular complexity index is 1270. The van der Waals surface area contributed by atoms with Crippen molar-refractivity contribution in [3.05, 3.63) is 59.2 Å². The maximum absolute atomic E-state index is 13.2. The largest absolute Gasteiger partial charge is 0.501 e. The van der Waals surface area contributed by atoms with Crippen molar-refractivity contribution in [1.29, 1.82) is 10.5 Å². The Labute approximate surface area is 189 Å². The Morgan fingerprint density at radius 3 is 2.06 bits per heavy atom. The standard InChI is InChI=1S/C21H14F6N2O4S/c1-19(11-29,12-33-18-8-13(10-28)2-7-16(18)20(22,23)24)9-17(30)14-3-5-15(6-4-14)34(31,32)21(25,26)27/h2-8H,9,12H2,1H3/t19-/m0/s1. The first-order chi connectivity index (χ1) is 15.5. The van der Waals surface area contributed by atoms with Gasteiger partial charge in [0, 0.05) is 12.0 Å². The SMILES string of the molecule is C[C@](C#N)(COc1cc(C#N)ccc1C(F)(F)F)CC(=O)c1ccc(S(=O)(=O)C(F)(F)F)cc1. The molecule has 0 N–H and O–H groups in total. The van der Waals surface area contributed by atoms with Crippen LogP contribution in [0.1, 0.15) is 34.8 Å². The van der Waals surface area contributed by atoms with Crippen LogP contribution in [0.3, 0.4) is 0 Å². The molecule has 2 aromatic carbocycles. The van der Waals surface area contributed by atoms with E-state index in [1.807, 2.05) is 0 Å². The molecule has 0 saturated carbocycles. The highest BCUT2D eigenvalue weighted by Crippen LogP contribution is 2.38. The normalized spacial score (nSPS) is 13.9. The van der Waals surface area contributed by atoms with Crippen molar-refractivity contribution in [2.24, 2.45) is 5.41 Å². The lowest BCUT2D eigenvalue weighted by atomic mass is 9.85. The van der Waals surface area contributed by atoms with Gasteiger partial charge < -0.3 is 4.74 Å². The van der Waals surface area contributed by atoms with E-state index in [0.29, 0.717) is 18.2 Å². The van der Waals surface area contributed by atoms with Gasteiger partial charge in [0.15, 0.2) is 5.78 Å². The molecule has 0 heterocycles. The molecule has 0 unspecified atom stereocenters. The van der Waals surface area contributed by atoms with Crippen molar-refractivity contribution in [3.63, 3.8) is 0 Å². The fourth-order valence-electron chi connectivity index (χ4n) is 2.72. The molecule has 0 radical (unpaired) electrons. The van der Waals surface area contributed by atoms with Gasteiger partial charge in [-0.05, 0) is 37.3 Å². The highest BCUT2D eigenvalue weighted by atomic mass is 32.2. The summed E-state index contributed by atoms with van der Waals surface area (Å²) in [6.45, 7) is 0.530. The van der Waals surface area contributed by atoms with Crippen LogP contribution >= 0.6 is 0 Å². The number of alkyl halides is 6. The fourth-order valence-corrected chi connectivity index (χ4v) is 3.48. The molecular weight excluding hydrogens is 490 g/mol. The van der Waals surface area contributed by atoms with Gasteiger partial charge in [0.1, 0.15) is 12.4 Å². The van der Waals surface area contributed by atoms with Crippen LogP contribution in [-0.4, -0.2) is 26.3 Å². The number of ketones is 1. The van der Waals surface area contributed by atoms with Crippen molar-refractivity contribution < 1.29 is 44.3 Å². The number of hydrogen-bond donors (Lipinski definition) is 0. The van der Waals surface area contributed by atoms with Crippen molar-refractivity contribution in [3.8, 4) is 17.9 Å². The summed E-state index contributed by atoms with van der Waals surface area (Å²) in [4.78, 5) is 11.4. The molecule has 0 amide bonds. The van der Waals surface area contributed by atoms with Gasteiger partial charge in [-0.25, -0.2) is 8.42 Å². The molecule has 0 aromatic heterocycles. The Morgan fingerprint density at radius 2 is 1.59 bits per heavy atom. The topological polar surface area (TPSA) is 108 Å². The van der Waals surface area contributed by atoms with E-state index in [2.05, 4.69) is 0 Å². The maximum atomic E-state index is 13.2. The minimum Gasteiger partial charge on any atom is -0.491 e. The first-order valence-corrected chi connectivity index (χ1v) is 10.6. The van der Waals surface area contributed by atoms with Gasteiger partial charge in [0.2, 0.25) is 0 Å². The first kappa shape index (κ1) is 26.7. The molecule has 0 saturated heterocycles. The molecule has 0 aliphatic rings. The van der Waals surface area contributed by atoms with E-state index in [4.69, 9.17) is 10.00 Å². The monoisotopic (exact) mass is 504 g/mol. The predicted molar refractivity (Wildman–Crippen MR) is 104 cm³/mol. The van der Waals surface area contributed by atoms with Crippen LogP contribution in [0.5, 0.6) is 5.75 Å². The quantitative estimate of drug-likeness (QED) is 0.386. The number of nitriles is 2. The van der Waals surface area contributed by atoms with E-state index in [9.17, 15) is 44.8 Å². The predicted octanol–water partition coefficient (Wildman–Crippen LogP) is 5.05. The highest BCUT2D eigenvalue weighted by Gasteiger charge is 2.46. The Hall–Kier alpha value is -3.58. The van der Waals surface area contributed by atoms with Crippen LogP contribution in [0.25, 0.3) is 0 Å². The van der Waals surface area contributed by atoms with Crippen LogP contribution in [0.15, 0.2) is 47.4 Å². The van der Waals surface area contributed by atoms with Crippen molar-refractivity contribution in [2.45, 2.75) is 29.9 Å². The summed E-state index contributed by atoms with van der Waals surface area (Å²) in [5.41, 5.74) is -8.75. The van der Waals surface area contributed by atoms with Crippen molar-refractivity contribution in [2.75, 3.05) is 6.61 Å². The smallest absolute Gasteiger partial charge is 0.491 e. The van der Waals surface area contributed by atoms with Gasteiger partial charge >= 0.3 is 11.7 Å². The molecule has 1 atom stereocenters. The van der Waals surface area contributed by atoms with Crippen LogP contribution < -0.4 is 4.74 Å². The second-order valence-electron chi connectivity index (χ2n) is 7.36. The Morgan fingerprint density at radius 1 is 1.00 bits per heavy atom. The molecule has 2 rings (SSSR count). The molecule has 2 aromatic rings. The molecule has 0 fully saturated rings. The van der Waals surface area contributed by atoms with Crippen LogP contribution in [0.4, 0.5) is 26.3 Å². The van der Waals surface area contributed by atoms with E-state index < -0.39 is 62.0 Å². The van der Waals surface area contributed by atoms with E-state index >= 15 is 0 Å². The molecule has 6 nitrogen and oxygen atoms in total. The van der Waals surface area contributed by atoms with Gasteiger partial charge in [-0.1, -0.05) is 12.1 Å². The van der Waals surface area contributed by atoms with Crippen molar-refractivity contribution in [1.82, 2.24) is 0 Å². The maximum Gasteiger partial charge on any atom is 0.501 e. The van der Waals surface area contributed by atoms with Gasteiger partial charge in [0.25, 0.3) is 9.84 Å². The number of sulfone groups is 1. The van der Waals surface area contributed by atoms with E-state index in [0.717, 1.165) is 24.3 Å². The first-order valence-electron chi connectivity index (χ1n) is 9.14. The fraction of sp³-hybridized carbons (Fsp3) is 0.286. The lowest BCUT2D eigenvalue weighted by Gasteiger charge is -2.23. The van der Waals surface area contributed by atoms with E-state index in [1.165, 1.54) is 6.92 Å². The number of nitrogens with zero attached hydrogens (tertiary/aromatic N) is 2. The van der Waals surface area contributed by atoms with E-state index in [-0.39, 0.29) is 11.1 Å². The average molecular weight is 504 g/mol. The lowest BCUT2D eigenvalue weighted by molar-refractivity contribution is -0.139. The zero-order chi connectivity index (χ0) is 25.9. The third kappa shape index (κ3) is 5.85. The minimum absolute atomic E-state index is 0.133. The number of halogens is 6. The van der Waals surface area contributed by atoms with Crippen LogP contribution in [0.2, 0.25) is 0 Å². The summed E-state index contributed by atoms with van der Waals surface area (Å²) in [6, 6.07) is 8.65. The third-order valence-electron chi connectivity index (χ3n) is 4.57. The number of benzene rings is 2. The zero-order valence-electron chi connectivity index (χ0n) is 17.2. The summed E-state index contributed by atoms with van der Waals surface area (Å²) in [5, 5.41) is 18.4. The summed E-state index contributed by atoms with van der Waals surface area (Å²) >= 11 is 0. The lowest BCUT2D eigenvalue weighted by Crippen LogP contribution is -2.27. The Kier molecular flexibility index (Phi) is 7.33. The molecular formula is C21H14F6N2O4S. The highest BCUT2D eigenvalue weighted by molar-refractivity contribution is 7.92. The molecule has 0 bridgehead atoms. The Balaban J connectivity index is 2.23. The summed E-state index contributed by atoms with van der Waals surface area (Å²) < 4.78 is 105. The number of Topliss-reactive ketones (excluding diaryl/α,β-unsaturated/α-hetero) is 1. The summed E-state index contributed by atoms with van der Waals surface area (Å²) in [7, 11) is -5.62. The summed E-state index contributed by atoms with van der Waals surface area (Å²) in [5.74, 6) is -1.51. The van der Waals surface area contributed by atoms with Gasteiger partial charge in [-0.15, -0.1) is 0 Å². The van der Waals surface area contributed by atoms with Gasteiger partial charge in [0.05, 0.1) is 33.6 Å². The number of carbonyl (C=O) groups is 1. The minimum atomic E-state index is -5.62. The van der Waals surface area contributed by atoms with Crippen LogP contribution in [-0.2, 0) is 16.0 Å². The number of carbonyl (C=O) groups excluding carboxylic acids is 1. The van der Waals surface area contributed by atoms with Crippen molar-refractivity contribution >= 4 is 15.6 Å². The molecule has 0 aliphatic heterocycles. The molecule has 0 aliphatic carbocycles.